The number of aromatic amines is 3. The van der Waals surface area contributed by atoms with E-state index < -0.39 is 40.8 Å². The molecule has 9 rings (SSSR count). The number of anilines is 1. The average molecular weight is 735 g/mol. The minimum absolute atomic E-state index is 0.190. The van der Waals surface area contributed by atoms with Crippen molar-refractivity contribution in [3.63, 3.8) is 0 Å². The van der Waals surface area contributed by atoms with Gasteiger partial charge in [-0.25, -0.2) is 32.9 Å². The zero-order chi connectivity index (χ0) is 37.2. The zero-order valence-corrected chi connectivity index (χ0v) is 28.3. The van der Waals surface area contributed by atoms with Crippen LogP contribution in [0.4, 0.5) is 27.6 Å². The molecule has 3 aromatic heterocycles. The molecule has 270 valence electrons. The average Bonchev–Trinajstić information content (AvgIpc) is 3.94. The number of benzene rings is 5. The van der Waals surface area contributed by atoms with Crippen molar-refractivity contribution in [2.24, 2.45) is 0 Å². The molecule has 54 heavy (non-hydrogen) atoms. The van der Waals surface area contributed by atoms with E-state index >= 15 is 0 Å². The highest BCUT2D eigenvalue weighted by atomic mass is 19.2. The maximum Gasteiger partial charge on any atom is 0.343 e. The third kappa shape index (κ3) is 5.78. The summed E-state index contributed by atoms with van der Waals surface area (Å²) in [5, 5.41) is 0. The molecule has 10 nitrogen and oxygen atoms in total. The fourth-order valence-corrected chi connectivity index (χ4v) is 6.56. The summed E-state index contributed by atoms with van der Waals surface area (Å²) in [5.74, 6) is -12.4. The number of imidazole rings is 3. The van der Waals surface area contributed by atoms with E-state index in [1.165, 1.54) is 30.0 Å². The number of likely N-dealkylation sites (N-methyl/N-ethyl adjacent to an activating group) is 1. The maximum atomic E-state index is 14.0. The Balaban J connectivity index is 0.932. The number of rotatable bonds is 6. The van der Waals surface area contributed by atoms with Crippen molar-refractivity contribution in [3.8, 4) is 39.9 Å². The number of carbonyl (C=O) groups excluding carboxylic acids is 1. The summed E-state index contributed by atoms with van der Waals surface area (Å²) < 4.78 is 73.0. The van der Waals surface area contributed by atoms with Crippen LogP contribution in [0.5, 0.6) is 5.75 Å². The molecule has 0 aliphatic carbocycles. The Morgan fingerprint density at radius 2 is 1.02 bits per heavy atom. The number of nitrogens with zero attached hydrogens (tertiary/aromatic N) is 5. The Kier molecular flexibility index (Phi) is 7.88. The number of aromatic nitrogens is 6. The van der Waals surface area contributed by atoms with E-state index in [0.29, 0.717) is 22.7 Å². The van der Waals surface area contributed by atoms with Gasteiger partial charge in [0.2, 0.25) is 34.8 Å². The molecule has 1 aliphatic rings. The van der Waals surface area contributed by atoms with Crippen LogP contribution in [0.2, 0.25) is 0 Å². The Bertz CT molecular complexity index is 2740. The molecule has 0 atom stereocenters. The number of carbonyl (C=O) groups is 1. The van der Waals surface area contributed by atoms with Gasteiger partial charge in [-0.15, -0.1) is 0 Å². The van der Waals surface area contributed by atoms with E-state index in [9.17, 15) is 26.7 Å². The van der Waals surface area contributed by atoms with E-state index in [1.807, 2.05) is 36.4 Å². The first-order chi connectivity index (χ1) is 26.1. The quantitative estimate of drug-likeness (QED) is 0.0521. The molecule has 4 heterocycles. The van der Waals surface area contributed by atoms with Gasteiger partial charge in [0.1, 0.15) is 17.5 Å². The van der Waals surface area contributed by atoms with E-state index in [4.69, 9.17) is 9.97 Å². The van der Waals surface area contributed by atoms with Gasteiger partial charge in [-0.3, -0.25) is 0 Å². The van der Waals surface area contributed by atoms with Gasteiger partial charge in [-0.2, -0.15) is 8.78 Å². The van der Waals surface area contributed by atoms with Crippen LogP contribution in [0, 0.1) is 29.1 Å². The van der Waals surface area contributed by atoms with Crippen LogP contribution in [-0.4, -0.2) is 74.0 Å². The molecular formula is C39H27F5N8O2. The Morgan fingerprint density at radius 1 is 0.574 bits per heavy atom. The molecule has 0 amide bonds. The van der Waals surface area contributed by atoms with E-state index in [1.54, 1.807) is 0 Å². The van der Waals surface area contributed by atoms with Gasteiger partial charge < -0.3 is 29.5 Å². The lowest BCUT2D eigenvalue weighted by atomic mass is 10.1. The van der Waals surface area contributed by atoms with Crippen molar-refractivity contribution < 1.29 is 31.5 Å². The number of esters is 1. The van der Waals surface area contributed by atoms with Crippen molar-refractivity contribution >= 4 is 44.8 Å². The van der Waals surface area contributed by atoms with Crippen LogP contribution < -0.4 is 9.64 Å². The molecule has 3 N–H and O–H groups in total. The molecule has 1 aliphatic heterocycles. The molecule has 1 fully saturated rings. The van der Waals surface area contributed by atoms with Gasteiger partial charge >= 0.3 is 5.97 Å². The molecule has 0 unspecified atom stereocenters. The van der Waals surface area contributed by atoms with Crippen molar-refractivity contribution in [1.29, 1.82) is 0 Å². The monoisotopic (exact) mass is 734 g/mol. The molecule has 1 saturated heterocycles. The van der Waals surface area contributed by atoms with Crippen LogP contribution in [0.1, 0.15) is 10.4 Å². The molecule has 5 aromatic carbocycles. The molecule has 8 aromatic rings. The number of hydrogen-bond acceptors (Lipinski definition) is 7. The van der Waals surface area contributed by atoms with E-state index in [-0.39, 0.29) is 5.56 Å². The Labute approximate surface area is 302 Å². The highest BCUT2D eigenvalue weighted by Crippen LogP contribution is 2.32. The number of fused-ring (bicyclic) bond motifs is 3. The minimum Gasteiger partial charge on any atom is -0.416 e. The third-order valence-corrected chi connectivity index (χ3v) is 9.61. The predicted molar refractivity (Wildman–Crippen MR) is 193 cm³/mol. The second-order valence-electron chi connectivity index (χ2n) is 13.1. The lowest BCUT2D eigenvalue weighted by Gasteiger charge is -2.34. The zero-order valence-electron chi connectivity index (χ0n) is 28.3. The standard InChI is InChI=1S/C39H27F5N8O2/c1-51-12-14-52(15-13-51)23-8-11-26-29(18-23)50-38(47-26)22-7-10-25-28(17-22)49-37(46-25)21-6-9-24-27(16-21)48-36(45-24)19-2-4-20(5-3-19)39(53)54-35-33(43)31(41)30(40)32(42)34(35)44/h2-11,16-18H,12-15H2,1H3,(H,45,48)(H,46,49)(H,47,50). The maximum absolute atomic E-state index is 14.0. The summed E-state index contributed by atoms with van der Waals surface area (Å²) >= 11 is 0. The third-order valence-electron chi connectivity index (χ3n) is 9.61. The number of nitrogens with one attached hydrogen (secondary N) is 3. The summed E-state index contributed by atoms with van der Waals surface area (Å²) in [4.78, 5) is 41.7. The summed E-state index contributed by atoms with van der Waals surface area (Å²) in [7, 11) is 2.14. The van der Waals surface area contributed by atoms with Crippen LogP contribution in [0.25, 0.3) is 67.3 Å². The topological polar surface area (TPSA) is 119 Å². The summed E-state index contributed by atoms with van der Waals surface area (Å²) in [6, 6.07) is 23.5. The number of hydrogen-bond donors (Lipinski definition) is 3. The second-order valence-corrected chi connectivity index (χ2v) is 13.1. The largest absolute Gasteiger partial charge is 0.416 e. The number of H-pyrrole nitrogens is 3. The van der Waals surface area contributed by atoms with Gasteiger partial charge in [-0.1, -0.05) is 12.1 Å². The first-order valence-electron chi connectivity index (χ1n) is 16.9. The first kappa shape index (κ1) is 33.2. The minimum atomic E-state index is -2.35. The summed E-state index contributed by atoms with van der Waals surface area (Å²) in [6.07, 6.45) is 0. The van der Waals surface area contributed by atoms with Gasteiger partial charge in [0, 0.05) is 48.6 Å². The van der Waals surface area contributed by atoms with E-state index in [0.717, 1.165) is 70.7 Å². The fourth-order valence-electron chi connectivity index (χ4n) is 6.56. The van der Waals surface area contributed by atoms with Gasteiger partial charge in [-0.05, 0) is 73.8 Å². The number of piperazine rings is 1. The van der Waals surface area contributed by atoms with Crippen LogP contribution in [-0.2, 0) is 0 Å². The number of ether oxygens (including phenoxy) is 1. The molecule has 0 saturated carbocycles. The van der Waals surface area contributed by atoms with E-state index in [2.05, 4.69) is 59.7 Å². The van der Waals surface area contributed by atoms with Gasteiger partial charge in [0.25, 0.3) is 0 Å². The van der Waals surface area contributed by atoms with Crippen LogP contribution in [0.15, 0.2) is 78.9 Å². The lowest BCUT2D eigenvalue weighted by Crippen LogP contribution is -2.44. The highest BCUT2D eigenvalue weighted by Gasteiger charge is 2.29. The van der Waals surface area contributed by atoms with Crippen molar-refractivity contribution in [2.75, 3.05) is 38.1 Å². The first-order valence-corrected chi connectivity index (χ1v) is 16.9. The predicted octanol–water partition coefficient (Wildman–Crippen LogP) is 7.98. The van der Waals surface area contributed by atoms with Crippen LogP contribution >= 0.6 is 0 Å². The summed E-state index contributed by atoms with van der Waals surface area (Å²) in [5.41, 5.74) is 8.07. The van der Waals surface area contributed by atoms with Crippen molar-refractivity contribution in [1.82, 2.24) is 34.8 Å². The summed E-state index contributed by atoms with van der Waals surface area (Å²) in [6.45, 7) is 4.01. The smallest absolute Gasteiger partial charge is 0.343 e. The van der Waals surface area contributed by atoms with Crippen LogP contribution in [0.3, 0.4) is 0 Å². The highest BCUT2D eigenvalue weighted by molar-refractivity contribution is 5.92. The molecule has 0 bridgehead atoms. The molecule has 0 spiro atoms. The Hall–Kier alpha value is -6.61. The number of halogens is 5. The molecular weight excluding hydrogens is 707 g/mol. The molecule has 0 radical (unpaired) electrons. The normalized spacial score (nSPS) is 13.8. The van der Waals surface area contributed by atoms with Crippen molar-refractivity contribution in [3.05, 3.63) is 114 Å². The van der Waals surface area contributed by atoms with Gasteiger partial charge in [0.15, 0.2) is 0 Å². The van der Waals surface area contributed by atoms with Gasteiger partial charge in [0.05, 0.1) is 38.7 Å². The Morgan fingerprint density at radius 3 is 1.56 bits per heavy atom. The second kappa shape index (κ2) is 12.8. The van der Waals surface area contributed by atoms with Crippen molar-refractivity contribution in [2.45, 2.75) is 0 Å². The lowest BCUT2D eigenvalue weighted by molar-refractivity contribution is 0.0716. The molecule has 15 heteroatoms. The SMILES string of the molecule is CN1CCN(c2ccc3[nH]c(-c4ccc5[nH]c(-c6ccc7[nH]c(-c8ccc(C(=O)Oc9c(F)c(F)c(F)c(F)c9F)cc8)nc7c6)nc5c4)nc3c2)CC1. The fraction of sp³-hybridized carbons (Fsp3) is 0.128.